The Hall–Kier alpha value is -3.08. The smallest absolute Gasteiger partial charge is 0.291 e. The van der Waals surface area contributed by atoms with Crippen LogP contribution in [0.2, 0.25) is 0 Å². The van der Waals surface area contributed by atoms with E-state index in [1.807, 2.05) is 48.5 Å². The van der Waals surface area contributed by atoms with Gasteiger partial charge in [-0.05, 0) is 42.2 Å². The number of fused-ring (bicyclic) bond motifs is 1. The summed E-state index contributed by atoms with van der Waals surface area (Å²) in [7, 11) is 0. The summed E-state index contributed by atoms with van der Waals surface area (Å²) in [6.45, 7) is 4.84. The first-order chi connectivity index (χ1) is 13.0. The normalized spacial score (nSPS) is 10.9. The highest BCUT2D eigenvalue weighted by atomic mass is 16.3. The first kappa shape index (κ1) is 18.7. The second kappa shape index (κ2) is 8.54. The zero-order valence-electron chi connectivity index (χ0n) is 15.6. The van der Waals surface area contributed by atoms with Crippen LogP contribution in [0, 0.1) is 5.92 Å². The van der Waals surface area contributed by atoms with Crippen LogP contribution in [0.1, 0.15) is 36.4 Å². The van der Waals surface area contributed by atoms with E-state index < -0.39 is 0 Å². The number of anilines is 1. The average Bonchev–Trinajstić information content (AvgIpc) is 3.10. The summed E-state index contributed by atoms with van der Waals surface area (Å²) in [6, 6.07) is 16.8. The Labute approximate surface area is 158 Å². The van der Waals surface area contributed by atoms with Crippen molar-refractivity contribution in [2.24, 2.45) is 5.92 Å². The summed E-state index contributed by atoms with van der Waals surface area (Å²) in [5.41, 5.74) is 2.43. The average molecular weight is 364 g/mol. The molecule has 140 valence electrons. The summed E-state index contributed by atoms with van der Waals surface area (Å²) < 4.78 is 5.57. The van der Waals surface area contributed by atoms with Gasteiger partial charge in [-0.15, -0.1) is 0 Å². The molecule has 2 aromatic carbocycles. The number of aryl methyl sites for hydroxylation is 1. The molecular weight excluding hydrogens is 340 g/mol. The molecule has 0 saturated carbocycles. The van der Waals surface area contributed by atoms with Crippen LogP contribution < -0.4 is 10.6 Å². The van der Waals surface area contributed by atoms with Crippen molar-refractivity contribution < 1.29 is 14.0 Å². The molecule has 2 amide bonds. The summed E-state index contributed by atoms with van der Waals surface area (Å²) >= 11 is 0. The predicted octanol–water partition coefficient (Wildman–Crippen LogP) is 4.39. The van der Waals surface area contributed by atoms with E-state index in [9.17, 15) is 9.59 Å². The summed E-state index contributed by atoms with van der Waals surface area (Å²) in [4.78, 5) is 24.1. The lowest BCUT2D eigenvalue weighted by molar-refractivity contribution is -0.121. The second-order valence-electron chi connectivity index (χ2n) is 7.00. The Bertz CT molecular complexity index is 893. The van der Waals surface area contributed by atoms with Gasteiger partial charge in [0.15, 0.2) is 5.76 Å². The fourth-order valence-electron chi connectivity index (χ4n) is 2.71. The minimum atomic E-state index is -0.285. The number of furan rings is 1. The monoisotopic (exact) mass is 364 g/mol. The molecule has 0 unspecified atom stereocenters. The van der Waals surface area contributed by atoms with Crippen molar-refractivity contribution in [2.75, 3.05) is 11.9 Å². The van der Waals surface area contributed by atoms with E-state index in [0.29, 0.717) is 36.6 Å². The van der Waals surface area contributed by atoms with Crippen molar-refractivity contribution in [1.29, 1.82) is 0 Å². The zero-order valence-corrected chi connectivity index (χ0v) is 15.6. The van der Waals surface area contributed by atoms with E-state index >= 15 is 0 Å². The van der Waals surface area contributed by atoms with Gasteiger partial charge < -0.3 is 15.1 Å². The van der Waals surface area contributed by atoms with Crippen LogP contribution in [-0.4, -0.2) is 18.4 Å². The maximum absolute atomic E-state index is 12.4. The quantitative estimate of drug-likeness (QED) is 0.653. The Balaban J connectivity index is 1.54. The van der Waals surface area contributed by atoms with Crippen LogP contribution in [-0.2, 0) is 11.2 Å². The number of carbonyl (C=O) groups excluding carboxylic acids is 2. The van der Waals surface area contributed by atoms with Crippen molar-refractivity contribution >= 4 is 28.5 Å². The maximum atomic E-state index is 12.4. The zero-order chi connectivity index (χ0) is 19.2. The predicted molar refractivity (Wildman–Crippen MR) is 107 cm³/mol. The number of hydrogen-bond donors (Lipinski definition) is 2. The van der Waals surface area contributed by atoms with Crippen molar-refractivity contribution in [3.05, 3.63) is 65.9 Å². The third kappa shape index (κ3) is 5.20. The second-order valence-corrected chi connectivity index (χ2v) is 7.00. The van der Waals surface area contributed by atoms with E-state index in [-0.39, 0.29) is 17.6 Å². The van der Waals surface area contributed by atoms with Crippen molar-refractivity contribution in [1.82, 2.24) is 5.32 Å². The van der Waals surface area contributed by atoms with E-state index in [1.54, 1.807) is 6.07 Å². The lowest BCUT2D eigenvalue weighted by atomic mass is 10.1. The molecule has 1 heterocycles. The minimum Gasteiger partial charge on any atom is -0.451 e. The van der Waals surface area contributed by atoms with Gasteiger partial charge in [0.25, 0.3) is 5.91 Å². The van der Waals surface area contributed by atoms with Gasteiger partial charge in [-0.25, -0.2) is 0 Å². The molecule has 0 bridgehead atoms. The Kier molecular flexibility index (Phi) is 5.91. The van der Waals surface area contributed by atoms with Gasteiger partial charge in [-0.2, -0.15) is 0 Å². The van der Waals surface area contributed by atoms with Crippen LogP contribution in [0.3, 0.4) is 0 Å². The molecule has 0 atom stereocenters. The van der Waals surface area contributed by atoms with Gasteiger partial charge >= 0.3 is 0 Å². The number of nitrogens with one attached hydrogen (secondary N) is 2. The first-order valence-electron chi connectivity index (χ1n) is 9.17. The molecule has 0 aliphatic heterocycles. The summed E-state index contributed by atoms with van der Waals surface area (Å²) in [6.07, 6.45) is 1.12. The number of benzene rings is 2. The number of carbonyl (C=O) groups is 2. The number of amides is 2. The van der Waals surface area contributed by atoms with Gasteiger partial charge in [0.2, 0.25) is 5.91 Å². The first-order valence-corrected chi connectivity index (χ1v) is 9.17. The highest BCUT2D eigenvalue weighted by Crippen LogP contribution is 2.20. The Morgan fingerprint density at radius 2 is 1.78 bits per heavy atom. The molecule has 5 heteroatoms. The van der Waals surface area contributed by atoms with E-state index in [1.165, 1.54) is 0 Å². The highest BCUT2D eigenvalue weighted by molar-refractivity contribution is 6.04. The minimum absolute atomic E-state index is 0.0611. The molecule has 3 rings (SSSR count). The molecule has 0 aliphatic rings. The molecule has 0 aliphatic carbocycles. The van der Waals surface area contributed by atoms with Gasteiger partial charge in [0, 0.05) is 24.0 Å². The topological polar surface area (TPSA) is 71.3 Å². The Morgan fingerprint density at radius 1 is 1.04 bits per heavy atom. The molecule has 27 heavy (non-hydrogen) atoms. The third-order valence-electron chi connectivity index (χ3n) is 4.21. The molecule has 0 fully saturated rings. The SMILES string of the molecule is CC(C)CNC(=O)CCc1ccc(NC(=O)c2cc3ccccc3o2)cc1. The van der Waals surface area contributed by atoms with Gasteiger partial charge in [-0.1, -0.05) is 44.2 Å². The molecule has 0 radical (unpaired) electrons. The Morgan fingerprint density at radius 3 is 2.48 bits per heavy atom. The third-order valence-corrected chi connectivity index (χ3v) is 4.21. The number of para-hydroxylation sites is 1. The molecular formula is C22H24N2O3. The van der Waals surface area contributed by atoms with Crippen LogP contribution in [0.15, 0.2) is 59.0 Å². The van der Waals surface area contributed by atoms with Gasteiger partial charge in [0.1, 0.15) is 5.58 Å². The molecule has 2 N–H and O–H groups in total. The number of hydrogen-bond acceptors (Lipinski definition) is 3. The fourth-order valence-corrected chi connectivity index (χ4v) is 2.71. The lowest BCUT2D eigenvalue weighted by Crippen LogP contribution is -2.27. The molecule has 1 aromatic heterocycles. The van der Waals surface area contributed by atoms with Crippen molar-refractivity contribution in [3.63, 3.8) is 0 Å². The maximum Gasteiger partial charge on any atom is 0.291 e. The number of rotatable bonds is 7. The largest absolute Gasteiger partial charge is 0.451 e. The van der Waals surface area contributed by atoms with Crippen LogP contribution in [0.25, 0.3) is 11.0 Å². The molecule has 0 spiro atoms. The molecule has 3 aromatic rings. The molecule has 0 saturated heterocycles. The highest BCUT2D eigenvalue weighted by Gasteiger charge is 2.12. The van der Waals surface area contributed by atoms with Gasteiger partial charge in [0.05, 0.1) is 0 Å². The van der Waals surface area contributed by atoms with Crippen molar-refractivity contribution in [3.8, 4) is 0 Å². The van der Waals surface area contributed by atoms with Crippen LogP contribution >= 0.6 is 0 Å². The standard InChI is InChI=1S/C22H24N2O3/c1-15(2)14-23-21(25)12-9-16-7-10-18(11-8-16)24-22(26)20-13-17-5-3-4-6-19(17)27-20/h3-8,10-11,13,15H,9,12,14H2,1-2H3,(H,23,25)(H,24,26). The van der Waals surface area contributed by atoms with Crippen LogP contribution in [0.4, 0.5) is 5.69 Å². The van der Waals surface area contributed by atoms with Crippen LogP contribution in [0.5, 0.6) is 0 Å². The molecule has 5 nitrogen and oxygen atoms in total. The van der Waals surface area contributed by atoms with Crippen molar-refractivity contribution in [2.45, 2.75) is 26.7 Å². The van der Waals surface area contributed by atoms with E-state index in [2.05, 4.69) is 24.5 Å². The summed E-state index contributed by atoms with van der Waals surface area (Å²) in [5, 5.41) is 6.64. The fraction of sp³-hybridized carbons (Fsp3) is 0.273. The summed E-state index contributed by atoms with van der Waals surface area (Å²) in [5.74, 6) is 0.503. The van der Waals surface area contributed by atoms with E-state index in [4.69, 9.17) is 4.42 Å². The van der Waals surface area contributed by atoms with E-state index in [0.717, 1.165) is 10.9 Å². The lowest BCUT2D eigenvalue weighted by Gasteiger charge is -2.08. The van der Waals surface area contributed by atoms with Gasteiger partial charge in [-0.3, -0.25) is 9.59 Å².